The van der Waals surface area contributed by atoms with E-state index in [0.717, 1.165) is 13.0 Å². The Kier molecular flexibility index (Phi) is 2.59. The molecule has 0 atom stereocenters. The van der Waals surface area contributed by atoms with Gasteiger partial charge in [-0.15, -0.1) is 0 Å². The van der Waals surface area contributed by atoms with Gasteiger partial charge in [0.25, 0.3) is 5.91 Å². The lowest BCUT2D eigenvalue weighted by molar-refractivity contribution is -0.127. The Balaban J connectivity index is 1.84. The Hall–Kier alpha value is -2.17. The van der Waals surface area contributed by atoms with Crippen molar-refractivity contribution >= 4 is 17.8 Å². The van der Waals surface area contributed by atoms with Crippen LogP contribution in [0.2, 0.25) is 0 Å². The third-order valence-electron chi connectivity index (χ3n) is 3.22. The predicted octanol–water partition coefficient (Wildman–Crippen LogP) is 0.447. The number of carbonyl (C=O) groups is 2. The number of nitrogens with zero attached hydrogens (tertiary/aromatic N) is 2. The summed E-state index contributed by atoms with van der Waals surface area (Å²) < 4.78 is 0. The highest BCUT2D eigenvalue weighted by molar-refractivity contribution is 6.13. The number of carbonyl (C=O) groups excluding carboxylic acids is 2. The normalized spacial score (nSPS) is 19.1. The van der Waals surface area contributed by atoms with E-state index in [4.69, 9.17) is 0 Å². The number of nitrogens with one attached hydrogen (secondary N) is 1. The Bertz CT molecular complexity index is 551. The van der Waals surface area contributed by atoms with Crippen molar-refractivity contribution < 1.29 is 9.59 Å². The minimum atomic E-state index is -0.368. The van der Waals surface area contributed by atoms with E-state index in [9.17, 15) is 9.59 Å². The van der Waals surface area contributed by atoms with Gasteiger partial charge in [0.15, 0.2) is 0 Å². The molecule has 0 saturated carbocycles. The van der Waals surface area contributed by atoms with Crippen LogP contribution in [0.4, 0.5) is 0 Å². The van der Waals surface area contributed by atoms with E-state index in [1.165, 1.54) is 11.1 Å². The molecule has 2 heterocycles. The maximum Gasteiger partial charge on any atom is 0.258 e. The van der Waals surface area contributed by atoms with E-state index in [-0.39, 0.29) is 18.2 Å². The molecule has 5 heteroatoms. The molecule has 2 aliphatic heterocycles. The maximum atomic E-state index is 11.3. The van der Waals surface area contributed by atoms with E-state index >= 15 is 0 Å². The van der Waals surface area contributed by atoms with Crippen LogP contribution in [0.3, 0.4) is 0 Å². The van der Waals surface area contributed by atoms with Crippen molar-refractivity contribution in [2.45, 2.75) is 19.4 Å². The summed E-state index contributed by atoms with van der Waals surface area (Å²) in [6, 6.07) is 8.19. The Morgan fingerprint density at radius 2 is 1.94 bits per heavy atom. The fraction of sp³-hybridized carbons (Fsp3) is 0.308. The van der Waals surface area contributed by atoms with Crippen molar-refractivity contribution in [1.82, 2.24) is 10.2 Å². The van der Waals surface area contributed by atoms with Gasteiger partial charge in [0.1, 0.15) is 6.42 Å². The largest absolute Gasteiger partial charge is 0.338 e. The fourth-order valence-electron chi connectivity index (χ4n) is 2.32. The van der Waals surface area contributed by atoms with Gasteiger partial charge in [-0.2, -0.15) is 4.99 Å². The second-order valence-electron chi connectivity index (χ2n) is 4.49. The number of fused-ring (bicyclic) bond motifs is 1. The highest BCUT2D eigenvalue weighted by Gasteiger charge is 2.25. The van der Waals surface area contributed by atoms with E-state index in [2.05, 4.69) is 22.4 Å². The van der Waals surface area contributed by atoms with Crippen LogP contribution < -0.4 is 5.32 Å². The molecule has 0 unspecified atom stereocenters. The molecule has 2 aliphatic rings. The van der Waals surface area contributed by atoms with Gasteiger partial charge in [-0.05, 0) is 17.5 Å². The third kappa shape index (κ3) is 1.99. The molecule has 0 bridgehead atoms. The molecule has 0 aromatic heterocycles. The number of rotatable bonds is 0. The average molecular weight is 243 g/mol. The third-order valence-corrected chi connectivity index (χ3v) is 3.22. The van der Waals surface area contributed by atoms with E-state index in [1.54, 1.807) is 0 Å². The second-order valence-corrected chi connectivity index (χ2v) is 4.49. The van der Waals surface area contributed by atoms with E-state index < -0.39 is 0 Å². The molecule has 0 spiro atoms. The minimum Gasteiger partial charge on any atom is -0.338 e. The number of guanidine groups is 1. The number of aliphatic imine (C=N–C) groups is 1. The van der Waals surface area contributed by atoms with Crippen molar-refractivity contribution in [3.8, 4) is 0 Å². The summed E-state index contributed by atoms with van der Waals surface area (Å²) in [7, 11) is 0. The summed E-state index contributed by atoms with van der Waals surface area (Å²) in [4.78, 5) is 28.5. The molecule has 18 heavy (non-hydrogen) atoms. The summed E-state index contributed by atoms with van der Waals surface area (Å²) in [5.74, 6) is -0.248. The van der Waals surface area contributed by atoms with E-state index in [0.29, 0.717) is 12.5 Å². The van der Waals surface area contributed by atoms with Crippen LogP contribution in [-0.2, 0) is 22.6 Å². The van der Waals surface area contributed by atoms with Gasteiger partial charge in [-0.1, -0.05) is 24.3 Å². The van der Waals surface area contributed by atoms with Crippen molar-refractivity contribution in [3.05, 3.63) is 35.4 Å². The van der Waals surface area contributed by atoms with Gasteiger partial charge >= 0.3 is 0 Å². The predicted molar refractivity (Wildman–Crippen MR) is 65.8 cm³/mol. The van der Waals surface area contributed by atoms with Gasteiger partial charge in [0.05, 0.1) is 0 Å². The lowest BCUT2D eigenvalue weighted by atomic mass is 10.0. The lowest BCUT2D eigenvalue weighted by Gasteiger charge is -2.32. The van der Waals surface area contributed by atoms with Crippen molar-refractivity contribution in [2.75, 3.05) is 6.54 Å². The first-order chi connectivity index (χ1) is 8.72. The van der Waals surface area contributed by atoms with Gasteiger partial charge in [-0.25, -0.2) is 0 Å². The molecule has 1 aromatic carbocycles. The molecule has 1 aromatic rings. The minimum absolute atomic E-state index is 0.145. The summed E-state index contributed by atoms with van der Waals surface area (Å²) in [5.41, 5.74) is 2.54. The molecule has 3 rings (SSSR count). The van der Waals surface area contributed by atoms with Crippen LogP contribution in [0.15, 0.2) is 29.3 Å². The molecule has 5 nitrogen and oxygen atoms in total. The zero-order chi connectivity index (χ0) is 12.5. The molecule has 0 saturated heterocycles. The van der Waals surface area contributed by atoms with Crippen LogP contribution in [0.5, 0.6) is 0 Å². The SMILES string of the molecule is O=C1CC(=O)NC(N2CCc3ccccc3C2)=N1. The summed E-state index contributed by atoms with van der Waals surface area (Å²) >= 11 is 0. The smallest absolute Gasteiger partial charge is 0.258 e. The topological polar surface area (TPSA) is 61.8 Å². The number of hydrogen-bond acceptors (Lipinski definition) is 3. The highest BCUT2D eigenvalue weighted by atomic mass is 16.2. The summed E-state index contributed by atoms with van der Waals surface area (Å²) in [6.07, 6.45) is 0.757. The van der Waals surface area contributed by atoms with Gasteiger partial charge in [-0.3, -0.25) is 14.9 Å². The first kappa shape index (κ1) is 11.0. The van der Waals surface area contributed by atoms with Gasteiger partial charge < -0.3 is 4.90 Å². The van der Waals surface area contributed by atoms with Crippen LogP contribution in [-0.4, -0.2) is 29.2 Å². The maximum absolute atomic E-state index is 11.3. The van der Waals surface area contributed by atoms with Crippen LogP contribution >= 0.6 is 0 Å². The first-order valence-corrected chi connectivity index (χ1v) is 5.95. The molecular formula is C13H13N3O2. The van der Waals surface area contributed by atoms with E-state index in [1.807, 2.05) is 17.0 Å². The standard InChI is InChI=1S/C13H13N3O2/c17-11-7-12(18)15-13(14-11)16-6-5-9-3-1-2-4-10(9)8-16/h1-4H,5-8H2,(H,14,15,17,18). The van der Waals surface area contributed by atoms with Crippen molar-refractivity contribution in [1.29, 1.82) is 0 Å². The number of benzene rings is 1. The number of hydrogen-bond donors (Lipinski definition) is 1. The quantitative estimate of drug-likeness (QED) is 0.673. The zero-order valence-electron chi connectivity index (χ0n) is 9.85. The van der Waals surface area contributed by atoms with Gasteiger partial charge in [0.2, 0.25) is 11.9 Å². The first-order valence-electron chi connectivity index (χ1n) is 5.95. The van der Waals surface area contributed by atoms with Crippen LogP contribution in [0.1, 0.15) is 17.5 Å². The summed E-state index contributed by atoms with van der Waals surface area (Å²) in [5, 5.41) is 2.66. The second kappa shape index (κ2) is 4.25. The Morgan fingerprint density at radius 1 is 1.17 bits per heavy atom. The highest BCUT2D eigenvalue weighted by Crippen LogP contribution is 2.18. The molecule has 1 N–H and O–H groups in total. The van der Waals surface area contributed by atoms with Crippen LogP contribution in [0.25, 0.3) is 0 Å². The van der Waals surface area contributed by atoms with Crippen LogP contribution in [0, 0.1) is 0 Å². The summed E-state index contributed by atoms with van der Waals surface area (Å²) in [6.45, 7) is 1.45. The molecule has 0 radical (unpaired) electrons. The average Bonchev–Trinajstić information content (AvgIpc) is 2.37. The fourth-order valence-corrected chi connectivity index (χ4v) is 2.32. The Morgan fingerprint density at radius 3 is 2.72 bits per heavy atom. The molecule has 92 valence electrons. The van der Waals surface area contributed by atoms with Crippen molar-refractivity contribution in [3.63, 3.8) is 0 Å². The number of amides is 2. The molecule has 0 aliphatic carbocycles. The molecular weight excluding hydrogens is 230 g/mol. The Labute approximate surface area is 105 Å². The van der Waals surface area contributed by atoms with Gasteiger partial charge in [0, 0.05) is 13.1 Å². The molecule has 2 amide bonds. The van der Waals surface area contributed by atoms with Crippen molar-refractivity contribution in [2.24, 2.45) is 4.99 Å². The zero-order valence-corrected chi connectivity index (χ0v) is 9.85. The monoisotopic (exact) mass is 243 g/mol. The molecule has 0 fully saturated rings. The lowest BCUT2D eigenvalue weighted by Crippen LogP contribution is -2.49.